The summed E-state index contributed by atoms with van der Waals surface area (Å²) in [5.41, 5.74) is 0. The fourth-order valence-electron chi connectivity index (χ4n) is 2.59. The van der Waals surface area contributed by atoms with E-state index < -0.39 is 10.0 Å². The zero-order valence-corrected chi connectivity index (χ0v) is 12.6. The van der Waals surface area contributed by atoms with E-state index in [-0.39, 0.29) is 18.0 Å². The van der Waals surface area contributed by atoms with Gasteiger partial charge in [-0.3, -0.25) is 4.79 Å². The van der Waals surface area contributed by atoms with Gasteiger partial charge in [0, 0.05) is 38.1 Å². The van der Waals surface area contributed by atoms with Crippen molar-refractivity contribution in [3.8, 4) is 0 Å². The maximum absolute atomic E-state index is 11.9. The molecule has 2 heterocycles. The van der Waals surface area contributed by atoms with Gasteiger partial charge < -0.3 is 15.4 Å². The van der Waals surface area contributed by atoms with Gasteiger partial charge in [-0.25, -0.2) is 12.7 Å². The van der Waals surface area contributed by atoms with Crippen LogP contribution in [0.5, 0.6) is 0 Å². The lowest BCUT2D eigenvalue weighted by Crippen LogP contribution is -2.49. The highest BCUT2D eigenvalue weighted by atomic mass is 32.2. The molecule has 2 fully saturated rings. The number of hydrogen-bond donors (Lipinski definition) is 2. The van der Waals surface area contributed by atoms with Gasteiger partial charge in [-0.1, -0.05) is 0 Å². The second-order valence-corrected chi connectivity index (χ2v) is 7.42. The smallest absolute Gasteiger partial charge is 0.221 e. The SMILES string of the molecule is CS(=O)(=O)N1CCC(NC(=O)CC2COCCN2)CC1. The van der Waals surface area contributed by atoms with Crippen LogP contribution in [0.15, 0.2) is 0 Å². The summed E-state index contributed by atoms with van der Waals surface area (Å²) in [7, 11) is -3.11. The molecule has 7 nitrogen and oxygen atoms in total. The molecule has 2 rings (SSSR count). The van der Waals surface area contributed by atoms with Gasteiger partial charge >= 0.3 is 0 Å². The number of nitrogens with zero attached hydrogens (tertiary/aromatic N) is 1. The standard InChI is InChI=1S/C12H23N3O4S/c1-20(17,18)15-5-2-10(3-6-15)14-12(16)8-11-9-19-7-4-13-11/h10-11,13H,2-9H2,1H3,(H,14,16). The first-order chi connectivity index (χ1) is 9.45. The summed E-state index contributed by atoms with van der Waals surface area (Å²) < 4.78 is 29.6. The molecule has 0 bridgehead atoms. The molecule has 2 aliphatic heterocycles. The molecule has 0 radical (unpaired) electrons. The summed E-state index contributed by atoms with van der Waals surface area (Å²) >= 11 is 0. The summed E-state index contributed by atoms with van der Waals surface area (Å²) in [5, 5.41) is 6.22. The third kappa shape index (κ3) is 4.69. The first-order valence-corrected chi connectivity index (χ1v) is 8.85. The van der Waals surface area contributed by atoms with Gasteiger partial charge in [0.15, 0.2) is 0 Å². The molecule has 1 unspecified atom stereocenters. The van der Waals surface area contributed by atoms with E-state index in [4.69, 9.17) is 4.74 Å². The highest BCUT2D eigenvalue weighted by Crippen LogP contribution is 2.13. The van der Waals surface area contributed by atoms with Gasteiger partial charge in [-0.05, 0) is 12.8 Å². The van der Waals surface area contributed by atoms with Gasteiger partial charge in [0.25, 0.3) is 0 Å². The average Bonchev–Trinajstić information content (AvgIpc) is 2.39. The Balaban J connectivity index is 1.70. The first-order valence-electron chi connectivity index (χ1n) is 7.01. The third-order valence-electron chi connectivity index (χ3n) is 3.72. The Morgan fingerprint density at radius 2 is 2.10 bits per heavy atom. The summed E-state index contributed by atoms with van der Waals surface area (Å²) in [6, 6.07) is 0.157. The Morgan fingerprint density at radius 1 is 1.40 bits per heavy atom. The second kappa shape index (κ2) is 6.84. The summed E-state index contributed by atoms with van der Waals surface area (Å²) in [6.07, 6.45) is 2.98. The number of ether oxygens (including phenoxy) is 1. The summed E-state index contributed by atoms with van der Waals surface area (Å²) in [5.74, 6) is 0.00538. The van der Waals surface area contributed by atoms with Gasteiger partial charge in [-0.2, -0.15) is 0 Å². The second-order valence-electron chi connectivity index (χ2n) is 5.43. The molecule has 116 valence electrons. The lowest BCUT2D eigenvalue weighted by Gasteiger charge is -2.31. The highest BCUT2D eigenvalue weighted by molar-refractivity contribution is 7.88. The minimum atomic E-state index is -3.11. The molecule has 0 saturated carbocycles. The molecule has 2 saturated heterocycles. The lowest BCUT2D eigenvalue weighted by atomic mass is 10.1. The molecular weight excluding hydrogens is 282 g/mol. The number of amides is 1. The van der Waals surface area contributed by atoms with E-state index in [1.165, 1.54) is 10.6 Å². The van der Waals surface area contributed by atoms with Gasteiger partial charge in [-0.15, -0.1) is 0 Å². The minimum absolute atomic E-state index is 0.00538. The van der Waals surface area contributed by atoms with Crippen molar-refractivity contribution in [3.05, 3.63) is 0 Å². The monoisotopic (exact) mass is 305 g/mol. The molecule has 0 spiro atoms. The molecule has 2 N–H and O–H groups in total. The highest BCUT2D eigenvalue weighted by Gasteiger charge is 2.26. The number of carbonyl (C=O) groups is 1. The zero-order chi connectivity index (χ0) is 14.6. The summed E-state index contributed by atoms with van der Waals surface area (Å²) in [6.45, 7) is 3.01. The van der Waals surface area contributed by atoms with Crippen molar-refractivity contribution in [1.82, 2.24) is 14.9 Å². The van der Waals surface area contributed by atoms with Crippen LogP contribution >= 0.6 is 0 Å². The molecule has 0 aliphatic carbocycles. The maximum atomic E-state index is 11.9. The average molecular weight is 305 g/mol. The number of hydrogen-bond acceptors (Lipinski definition) is 5. The van der Waals surface area contributed by atoms with Gasteiger partial charge in [0.2, 0.25) is 15.9 Å². The van der Waals surface area contributed by atoms with Crippen LogP contribution in [-0.4, -0.2) is 69.8 Å². The van der Waals surface area contributed by atoms with Crippen molar-refractivity contribution in [2.75, 3.05) is 39.1 Å². The number of carbonyl (C=O) groups excluding carboxylic acids is 1. The number of rotatable bonds is 4. The van der Waals surface area contributed by atoms with E-state index in [0.29, 0.717) is 45.6 Å². The first kappa shape index (κ1) is 15.7. The predicted molar refractivity (Wildman–Crippen MR) is 74.8 cm³/mol. The molecule has 20 heavy (non-hydrogen) atoms. The maximum Gasteiger partial charge on any atom is 0.221 e. The van der Waals surface area contributed by atoms with E-state index in [9.17, 15) is 13.2 Å². The molecule has 2 aliphatic rings. The number of sulfonamides is 1. The zero-order valence-electron chi connectivity index (χ0n) is 11.8. The Labute approximate surface area is 120 Å². The Morgan fingerprint density at radius 3 is 2.65 bits per heavy atom. The van der Waals surface area contributed by atoms with Crippen LogP contribution in [0.3, 0.4) is 0 Å². The number of piperidine rings is 1. The number of nitrogens with one attached hydrogen (secondary N) is 2. The van der Waals surface area contributed by atoms with Crippen molar-refractivity contribution in [2.24, 2.45) is 0 Å². The molecule has 0 aromatic rings. The molecule has 0 aromatic heterocycles. The molecular formula is C12H23N3O4S. The molecule has 1 amide bonds. The van der Waals surface area contributed by atoms with Crippen LogP contribution in [0.1, 0.15) is 19.3 Å². The van der Waals surface area contributed by atoms with E-state index in [0.717, 1.165) is 6.54 Å². The fraction of sp³-hybridized carbons (Fsp3) is 0.917. The van der Waals surface area contributed by atoms with Crippen LogP contribution in [0.4, 0.5) is 0 Å². The largest absolute Gasteiger partial charge is 0.378 e. The fourth-order valence-corrected chi connectivity index (χ4v) is 3.47. The van der Waals surface area contributed by atoms with Gasteiger partial charge in [0.1, 0.15) is 0 Å². The molecule has 1 atom stereocenters. The van der Waals surface area contributed by atoms with E-state index in [1.54, 1.807) is 0 Å². The van der Waals surface area contributed by atoms with E-state index in [1.807, 2.05) is 0 Å². The van der Waals surface area contributed by atoms with Crippen LogP contribution in [0.2, 0.25) is 0 Å². The number of morpholine rings is 1. The van der Waals surface area contributed by atoms with Crippen molar-refractivity contribution in [3.63, 3.8) is 0 Å². The van der Waals surface area contributed by atoms with E-state index >= 15 is 0 Å². The van der Waals surface area contributed by atoms with Crippen molar-refractivity contribution >= 4 is 15.9 Å². The van der Waals surface area contributed by atoms with Crippen molar-refractivity contribution in [1.29, 1.82) is 0 Å². The Kier molecular flexibility index (Phi) is 5.36. The third-order valence-corrected chi connectivity index (χ3v) is 5.02. The van der Waals surface area contributed by atoms with Crippen LogP contribution in [0, 0.1) is 0 Å². The topological polar surface area (TPSA) is 87.7 Å². The minimum Gasteiger partial charge on any atom is -0.378 e. The summed E-state index contributed by atoms with van der Waals surface area (Å²) in [4.78, 5) is 11.9. The van der Waals surface area contributed by atoms with E-state index in [2.05, 4.69) is 10.6 Å². The lowest BCUT2D eigenvalue weighted by molar-refractivity contribution is -0.123. The van der Waals surface area contributed by atoms with Gasteiger partial charge in [0.05, 0.1) is 19.5 Å². The molecule has 0 aromatic carbocycles. The predicted octanol–water partition coefficient (Wildman–Crippen LogP) is -1.09. The van der Waals surface area contributed by atoms with Crippen molar-refractivity contribution < 1.29 is 17.9 Å². The Bertz CT molecular complexity index is 426. The van der Waals surface area contributed by atoms with Crippen LogP contribution in [0.25, 0.3) is 0 Å². The quantitative estimate of drug-likeness (QED) is 0.689. The Hall–Kier alpha value is -0.700. The molecule has 8 heteroatoms. The normalized spacial score (nSPS) is 26.4. The van der Waals surface area contributed by atoms with Crippen LogP contribution < -0.4 is 10.6 Å². The van der Waals surface area contributed by atoms with Crippen molar-refractivity contribution in [2.45, 2.75) is 31.3 Å². The van der Waals surface area contributed by atoms with Crippen LogP contribution in [-0.2, 0) is 19.6 Å².